The first-order chi connectivity index (χ1) is 16.5. The molecule has 0 aliphatic carbocycles. The van der Waals surface area contributed by atoms with E-state index in [9.17, 15) is 9.65 Å². The molecule has 1 aliphatic rings. The SMILES string of the molecule is COc1ccc2c(C#N)c(-c3nncc(-c4cc(C)cc(F)c4)c3N3CCC(N)CC3)[nH]c2c1.Cl.Cl. The molecule has 0 bridgehead atoms. The van der Waals surface area contributed by atoms with E-state index in [0.29, 0.717) is 22.7 Å². The number of ether oxygens (including phenoxy) is 1. The molecule has 0 unspecified atom stereocenters. The molecule has 1 fully saturated rings. The zero-order chi connectivity index (χ0) is 23.8. The zero-order valence-corrected chi connectivity index (χ0v) is 21.5. The molecular weight excluding hydrogens is 502 g/mol. The predicted octanol–water partition coefficient (Wildman–Crippen LogP) is 5.39. The molecule has 36 heavy (non-hydrogen) atoms. The van der Waals surface area contributed by atoms with Gasteiger partial charge >= 0.3 is 0 Å². The van der Waals surface area contributed by atoms with Gasteiger partial charge in [0.15, 0.2) is 0 Å². The van der Waals surface area contributed by atoms with Crippen LogP contribution in [0.1, 0.15) is 24.0 Å². The number of nitrogens with zero attached hydrogens (tertiary/aromatic N) is 4. The lowest BCUT2D eigenvalue weighted by atomic mass is 9.97. The van der Waals surface area contributed by atoms with E-state index in [-0.39, 0.29) is 36.7 Å². The summed E-state index contributed by atoms with van der Waals surface area (Å²) in [7, 11) is 1.60. The van der Waals surface area contributed by atoms with Crippen LogP contribution in [0.2, 0.25) is 0 Å². The number of nitrogens with one attached hydrogen (secondary N) is 1. The Morgan fingerprint density at radius 2 is 1.92 bits per heavy atom. The van der Waals surface area contributed by atoms with Crippen molar-refractivity contribution in [2.24, 2.45) is 5.73 Å². The van der Waals surface area contributed by atoms with Gasteiger partial charge in [0.05, 0.1) is 35.8 Å². The van der Waals surface area contributed by atoms with Gasteiger partial charge in [0, 0.05) is 36.1 Å². The maximum absolute atomic E-state index is 14.4. The second kappa shape index (κ2) is 11.1. The zero-order valence-electron chi connectivity index (χ0n) is 19.9. The third-order valence-corrected chi connectivity index (χ3v) is 6.39. The van der Waals surface area contributed by atoms with Crippen LogP contribution in [0.3, 0.4) is 0 Å². The highest BCUT2D eigenvalue weighted by molar-refractivity contribution is 5.98. The average Bonchev–Trinajstić information content (AvgIpc) is 3.21. The van der Waals surface area contributed by atoms with Crippen molar-refractivity contribution < 1.29 is 9.13 Å². The lowest BCUT2D eigenvalue weighted by molar-refractivity contribution is 0.415. The van der Waals surface area contributed by atoms with Crippen LogP contribution in [0.25, 0.3) is 33.4 Å². The molecule has 188 valence electrons. The van der Waals surface area contributed by atoms with Gasteiger partial charge in [0.2, 0.25) is 0 Å². The lowest BCUT2D eigenvalue weighted by Crippen LogP contribution is -2.40. The predicted molar refractivity (Wildman–Crippen MR) is 145 cm³/mol. The molecule has 1 aliphatic heterocycles. The van der Waals surface area contributed by atoms with Crippen LogP contribution in [0.5, 0.6) is 5.75 Å². The van der Waals surface area contributed by atoms with Gasteiger partial charge in [-0.15, -0.1) is 29.9 Å². The van der Waals surface area contributed by atoms with Crippen molar-refractivity contribution in [3.63, 3.8) is 0 Å². The molecule has 0 saturated carbocycles. The Morgan fingerprint density at radius 1 is 1.17 bits per heavy atom. The first-order valence-electron chi connectivity index (χ1n) is 11.2. The van der Waals surface area contributed by atoms with Gasteiger partial charge in [-0.3, -0.25) is 0 Å². The molecule has 7 nitrogen and oxygen atoms in total. The second-order valence-corrected chi connectivity index (χ2v) is 8.70. The largest absolute Gasteiger partial charge is 0.497 e. The fourth-order valence-electron chi connectivity index (χ4n) is 4.69. The Hall–Kier alpha value is -3.38. The number of nitrogens with two attached hydrogens (primary N) is 1. The number of halogens is 3. The van der Waals surface area contributed by atoms with Crippen LogP contribution in [0.4, 0.5) is 10.1 Å². The highest BCUT2D eigenvalue weighted by Gasteiger charge is 2.27. The van der Waals surface area contributed by atoms with Gasteiger partial charge in [-0.05, 0) is 55.2 Å². The summed E-state index contributed by atoms with van der Waals surface area (Å²) in [5, 5.41) is 19.6. The van der Waals surface area contributed by atoms with E-state index in [0.717, 1.165) is 59.2 Å². The molecule has 2 aromatic heterocycles. The molecule has 0 atom stereocenters. The monoisotopic (exact) mass is 528 g/mol. The normalized spacial score (nSPS) is 13.6. The topological polar surface area (TPSA) is 104 Å². The van der Waals surface area contributed by atoms with Gasteiger partial charge in [-0.1, -0.05) is 6.07 Å². The minimum atomic E-state index is -0.310. The second-order valence-electron chi connectivity index (χ2n) is 8.70. The Morgan fingerprint density at radius 3 is 2.58 bits per heavy atom. The number of benzene rings is 2. The van der Waals surface area contributed by atoms with Crippen molar-refractivity contribution in [3.8, 4) is 34.3 Å². The quantitative estimate of drug-likeness (QED) is 0.368. The molecule has 5 rings (SSSR count). The Labute approximate surface area is 221 Å². The van der Waals surface area contributed by atoms with E-state index in [1.165, 1.54) is 12.1 Å². The average molecular weight is 529 g/mol. The minimum absolute atomic E-state index is 0. The number of anilines is 1. The summed E-state index contributed by atoms with van der Waals surface area (Å²) in [4.78, 5) is 5.58. The highest BCUT2D eigenvalue weighted by Crippen LogP contribution is 2.41. The Bertz CT molecular complexity index is 1410. The number of aromatic nitrogens is 3. The van der Waals surface area contributed by atoms with E-state index >= 15 is 0 Å². The van der Waals surface area contributed by atoms with Crippen molar-refractivity contribution in [1.29, 1.82) is 5.26 Å². The van der Waals surface area contributed by atoms with Crippen molar-refractivity contribution in [2.45, 2.75) is 25.8 Å². The standard InChI is InChI=1S/C26H25FN6O.2ClH/c1-15-9-16(11-17(27)10-15)22-14-30-32-25(26(22)33-7-5-18(29)6-8-33)24-21(13-28)20-4-3-19(34-2)12-23(20)31-24;;/h3-4,9-12,14,18,31H,5-8,29H2,1-2H3;2*1H. The Kier molecular flexibility index (Phi) is 8.41. The fourth-order valence-corrected chi connectivity index (χ4v) is 4.69. The van der Waals surface area contributed by atoms with Crippen LogP contribution in [-0.2, 0) is 0 Å². The number of rotatable bonds is 4. The Balaban J connectivity index is 0.00000180. The maximum Gasteiger partial charge on any atom is 0.134 e. The van der Waals surface area contributed by atoms with Crippen LogP contribution in [0, 0.1) is 24.1 Å². The maximum atomic E-state index is 14.4. The number of aromatic amines is 1. The van der Waals surface area contributed by atoms with Crippen molar-refractivity contribution in [2.75, 3.05) is 25.1 Å². The third kappa shape index (κ3) is 4.96. The van der Waals surface area contributed by atoms with Crippen LogP contribution < -0.4 is 15.4 Å². The number of hydrogen-bond donors (Lipinski definition) is 2. The lowest BCUT2D eigenvalue weighted by Gasteiger charge is -2.34. The molecule has 2 aromatic carbocycles. The molecule has 0 spiro atoms. The number of nitriles is 1. The van der Waals surface area contributed by atoms with E-state index in [4.69, 9.17) is 10.5 Å². The number of piperidine rings is 1. The van der Waals surface area contributed by atoms with Crippen molar-refractivity contribution in [1.82, 2.24) is 15.2 Å². The van der Waals surface area contributed by atoms with Crippen LogP contribution >= 0.6 is 24.8 Å². The van der Waals surface area contributed by atoms with E-state index in [1.54, 1.807) is 13.3 Å². The summed E-state index contributed by atoms with van der Waals surface area (Å²) in [5.41, 5.74) is 11.7. The van der Waals surface area contributed by atoms with Gasteiger partial charge in [-0.25, -0.2) is 4.39 Å². The van der Waals surface area contributed by atoms with Crippen LogP contribution in [-0.4, -0.2) is 41.4 Å². The molecule has 3 heterocycles. The number of methoxy groups -OCH3 is 1. The molecule has 4 aromatic rings. The van der Waals surface area contributed by atoms with Gasteiger partial charge < -0.3 is 20.4 Å². The molecule has 0 radical (unpaired) electrons. The van der Waals surface area contributed by atoms with Crippen molar-refractivity contribution in [3.05, 3.63) is 59.5 Å². The highest BCUT2D eigenvalue weighted by atomic mass is 35.5. The first-order valence-corrected chi connectivity index (χ1v) is 11.2. The third-order valence-electron chi connectivity index (χ3n) is 6.39. The summed E-state index contributed by atoms with van der Waals surface area (Å²) in [6, 6.07) is 13.0. The molecular formula is C26H27Cl2FN6O. The molecule has 3 N–H and O–H groups in total. The number of hydrogen-bond acceptors (Lipinski definition) is 6. The van der Waals surface area contributed by atoms with E-state index < -0.39 is 0 Å². The molecule has 1 saturated heterocycles. The molecule has 0 amide bonds. The first kappa shape index (κ1) is 27.2. The summed E-state index contributed by atoms with van der Waals surface area (Å²) in [6.45, 7) is 3.33. The summed E-state index contributed by atoms with van der Waals surface area (Å²) in [5.74, 6) is 0.375. The van der Waals surface area contributed by atoms with Gasteiger partial charge in [0.25, 0.3) is 0 Å². The number of fused-ring (bicyclic) bond motifs is 1. The summed E-state index contributed by atoms with van der Waals surface area (Å²) < 4.78 is 19.7. The number of H-pyrrole nitrogens is 1. The van der Waals surface area contributed by atoms with Crippen LogP contribution in [0.15, 0.2) is 42.6 Å². The smallest absolute Gasteiger partial charge is 0.134 e. The molecule has 10 heteroatoms. The minimum Gasteiger partial charge on any atom is -0.497 e. The number of aryl methyl sites for hydroxylation is 1. The van der Waals surface area contributed by atoms with E-state index in [2.05, 4.69) is 26.2 Å². The summed E-state index contributed by atoms with van der Waals surface area (Å²) in [6.07, 6.45) is 3.33. The fraction of sp³-hybridized carbons (Fsp3) is 0.269. The van der Waals surface area contributed by atoms with Gasteiger partial charge in [-0.2, -0.15) is 10.4 Å². The van der Waals surface area contributed by atoms with Crippen molar-refractivity contribution >= 4 is 41.4 Å². The van der Waals surface area contributed by atoms with Gasteiger partial charge in [0.1, 0.15) is 23.3 Å². The van der Waals surface area contributed by atoms with E-state index in [1.807, 2.05) is 31.2 Å². The summed E-state index contributed by atoms with van der Waals surface area (Å²) >= 11 is 0.